The molecule has 2 rings (SSSR count). The van der Waals surface area contributed by atoms with Gasteiger partial charge in [-0.25, -0.2) is 8.42 Å². The molecule has 0 atom stereocenters. The molecule has 0 unspecified atom stereocenters. The average molecular weight is 231 g/mol. The van der Waals surface area contributed by atoms with Gasteiger partial charge in [0.05, 0.1) is 10.1 Å². The second kappa shape index (κ2) is 3.55. The van der Waals surface area contributed by atoms with E-state index in [1.807, 2.05) is 0 Å². The minimum Gasteiger partial charge on any atom is -0.223 e. The summed E-state index contributed by atoms with van der Waals surface area (Å²) in [4.78, 5) is 0.425. The molecule has 1 aliphatic carbocycles. The van der Waals surface area contributed by atoms with Gasteiger partial charge in [-0.3, -0.25) is 0 Å². The number of sulfone groups is 1. The quantitative estimate of drug-likeness (QED) is 0.748. The van der Waals surface area contributed by atoms with Gasteiger partial charge in [0.2, 0.25) is 0 Å². The molecule has 14 heavy (non-hydrogen) atoms. The van der Waals surface area contributed by atoms with E-state index < -0.39 is 9.84 Å². The van der Waals surface area contributed by atoms with E-state index in [9.17, 15) is 8.42 Å². The van der Waals surface area contributed by atoms with Gasteiger partial charge >= 0.3 is 0 Å². The summed E-state index contributed by atoms with van der Waals surface area (Å²) in [5, 5.41) is -0.135. The Morgan fingerprint density at radius 3 is 2.21 bits per heavy atom. The molecule has 0 aromatic heterocycles. The summed E-state index contributed by atoms with van der Waals surface area (Å²) in [5.74, 6) is 0.420. The lowest BCUT2D eigenvalue weighted by atomic mass is 10.2. The Morgan fingerprint density at radius 2 is 1.79 bits per heavy atom. The fraction of sp³-hybridized carbons (Fsp3) is 0.400. The third kappa shape index (κ3) is 1.79. The monoisotopic (exact) mass is 230 g/mol. The molecule has 1 fully saturated rings. The van der Waals surface area contributed by atoms with Gasteiger partial charge in [-0.2, -0.15) is 0 Å². The van der Waals surface area contributed by atoms with E-state index in [1.165, 1.54) is 0 Å². The minimum absolute atomic E-state index is 0.135. The van der Waals surface area contributed by atoms with Gasteiger partial charge in [0.1, 0.15) is 0 Å². The Kier molecular flexibility index (Phi) is 2.54. The fourth-order valence-electron chi connectivity index (χ4n) is 1.34. The molecule has 0 saturated heterocycles. The summed E-state index contributed by atoms with van der Waals surface area (Å²) in [6.45, 7) is 0. The number of alkyl halides is 1. The lowest BCUT2D eigenvalue weighted by molar-refractivity contribution is 0.595. The van der Waals surface area contributed by atoms with Crippen molar-refractivity contribution < 1.29 is 8.42 Å². The molecule has 0 aliphatic heterocycles. The van der Waals surface area contributed by atoms with Crippen LogP contribution in [-0.4, -0.2) is 13.7 Å². The van der Waals surface area contributed by atoms with E-state index in [0.717, 1.165) is 18.4 Å². The van der Waals surface area contributed by atoms with Crippen LogP contribution in [0.4, 0.5) is 0 Å². The highest BCUT2D eigenvalue weighted by Crippen LogP contribution is 2.33. The second-order valence-electron chi connectivity index (χ2n) is 3.52. The van der Waals surface area contributed by atoms with Crippen molar-refractivity contribution in [2.45, 2.75) is 28.9 Å². The Balaban J connectivity index is 2.33. The zero-order valence-electron chi connectivity index (χ0n) is 7.61. The summed E-state index contributed by atoms with van der Waals surface area (Å²) < 4.78 is 23.5. The zero-order chi connectivity index (χ0) is 10.2. The van der Waals surface area contributed by atoms with E-state index in [2.05, 4.69) is 0 Å². The van der Waals surface area contributed by atoms with Crippen molar-refractivity contribution >= 4 is 21.4 Å². The standard InChI is InChI=1S/C10H11ClO2S/c11-7-8-1-3-9(4-2-8)14(12,13)10-5-6-10/h1-4,10H,5-7H2. The molecule has 0 N–H and O–H groups in total. The van der Waals surface area contributed by atoms with Gasteiger partial charge in [0.15, 0.2) is 9.84 Å². The molecule has 0 amide bonds. The lowest BCUT2D eigenvalue weighted by Gasteiger charge is -2.02. The minimum atomic E-state index is -3.03. The van der Waals surface area contributed by atoms with Crippen molar-refractivity contribution in [3.63, 3.8) is 0 Å². The first kappa shape index (κ1) is 9.99. The van der Waals surface area contributed by atoms with Gasteiger partial charge < -0.3 is 0 Å². The topological polar surface area (TPSA) is 34.1 Å². The fourth-order valence-corrected chi connectivity index (χ4v) is 3.17. The Bertz CT molecular complexity index is 418. The predicted molar refractivity (Wildman–Crippen MR) is 56.2 cm³/mol. The molecule has 0 radical (unpaired) electrons. The average Bonchev–Trinajstić information content (AvgIpc) is 3.01. The van der Waals surface area contributed by atoms with E-state index in [0.29, 0.717) is 10.8 Å². The maximum absolute atomic E-state index is 11.8. The maximum atomic E-state index is 11.8. The Hall–Kier alpha value is -0.540. The molecule has 76 valence electrons. The molecule has 1 aliphatic rings. The number of halogens is 1. The molecule has 0 bridgehead atoms. The normalized spacial score (nSPS) is 16.9. The first-order valence-electron chi connectivity index (χ1n) is 4.53. The number of hydrogen-bond acceptors (Lipinski definition) is 2. The number of hydrogen-bond donors (Lipinski definition) is 0. The third-order valence-corrected chi connectivity index (χ3v) is 4.96. The SMILES string of the molecule is O=S(=O)(c1ccc(CCl)cc1)C1CC1. The first-order valence-corrected chi connectivity index (χ1v) is 6.61. The van der Waals surface area contributed by atoms with Crippen LogP contribution in [0.2, 0.25) is 0 Å². The van der Waals surface area contributed by atoms with Crippen molar-refractivity contribution in [3.8, 4) is 0 Å². The molecule has 0 heterocycles. The summed E-state index contributed by atoms with van der Waals surface area (Å²) >= 11 is 5.62. The largest absolute Gasteiger partial charge is 0.223 e. The molecular formula is C10H11ClO2S. The summed E-state index contributed by atoms with van der Waals surface area (Å²) in [5.41, 5.74) is 0.946. The van der Waals surface area contributed by atoms with Gasteiger partial charge in [0.25, 0.3) is 0 Å². The van der Waals surface area contributed by atoms with E-state index in [-0.39, 0.29) is 5.25 Å². The zero-order valence-corrected chi connectivity index (χ0v) is 9.18. The van der Waals surface area contributed by atoms with E-state index in [1.54, 1.807) is 24.3 Å². The molecular weight excluding hydrogens is 220 g/mol. The van der Waals surface area contributed by atoms with E-state index in [4.69, 9.17) is 11.6 Å². The highest BCUT2D eigenvalue weighted by molar-refractivity contribution is 7.92. The predicted octanol–water partition coefficient (Wildman–Crippen LogP) is 2.36. The first-order chi connectivity index (χ1) is 6.64. The highest BCUT2D eigenvalue weighted by atomic mass is 35.5. The molecule has 1 saturated carbocycles. The summed E-state index contributed by atoms with van der Waals surface area (Å²) in [6.07, 6.45) is 1.61. The molecule has 1 aromatic rings. The van der Waals surface area contributed by atoms with Crippen LogP contribution in [0.3, 0.4) is 0 Å². The third-order valence-electron chi connectivity index (χ3n) is 2.37. The number of benzene rings is 1. The van der Waals surface area contributed by atoms with Gasteiger partial charge in [-0.15, -0.1) is 11.6 Å². The Labute approximate surface area is 88.8 Å². The molecule has 2 nitrogen and oxygen atoms in total. The second-order valence-corrected chi connectivity index (χ2v) is 6.02. The highest BCUT2D eigenvalue weighted by Gasteiger charge is 2.36. The van der Waals surface area contributed by atoms with Crippen LogP contribution >= 0.6 is 11.6 Å². The van der Waals surface area contributed by atoms with Crippen LogP contribution in [0, 0.1) is 0 Å². The summed E-state index contributed by atoms with van der Waals surface area (Å²) in [7, 11) is -3.03. The van der Waals surface area contributed by atoms with Crippen molar-refractivity contribution in [2.75, 3.05) is 0 Å². The maximum Gasteiger partial charge on any atom is 0.181 e. The smallest absolute Gasteiger partial charge is 0.181 e. The van der Waals surface area contributed by atoms with Crippen LogP contribution in [-0.2, 0) is 15.7 Å². The van der Waals surface area contributed by atoms with Crippen molar-refractivity contribution in [3.05, 3.63) is 29.8 Å². The van der Waals surface area contributed by atoms with Gasteiger partial charge in [0, 0.05) is 5.88 Å². The van der Waals surface area contributed by atoms with Gasteiger partial charge in [-0.05, 0) is 30.5 Å². The van der Waals surface area contributed by atoms with Crippen molar-refractivity contribution in [2.24, 2.45) is 0 Å². The molecule has 4 heteroatoms. The number of rotatable bonds is 3. The lowest BCUT2D eigenvalue weighted by Crippen LogP contribution is -2.06. The van der Waals surface area contributed by atoms with E-state index >= 15 is 0 Å². The molecule has 0 spiro atoms. The van der Waals surface area contributed by atoms with Crippen molar-refractivity contribution in [1.82, 2.24) is 0 Å². The van der Waals surface area contributed by atoms with Gasteiger partial charge in [-0.1, -0.05) is 12.1 Å². The van der Waals surface area contributed by atoms with Crippen LogP contribution in [0.1, 0.15) is 18.4 Å². The van der Waals surface area contributed by atoms with Crippen LogP contribution < -0.4 is 0 Å². The van der Waals surface area contributed by atoms with Crippen LogP contribution in [0.25, 0.3) is 0 Å². The van der Waals surface area contributed by atoms with Crippen LogP contribution in [0.5, 0.6) is 0 Å². The molecule has 1 aromatic carbocycles. The van der Waals surface area contributed by atoms with Crippen LogP contribution in [0.15, 0.2) is 29.2 Å². The van der Waals surface area contributed by atoms with Crippen molar-refractivity contribution in [1.29, 1.82) is 0 Å². The summed E-state index contributed by atoms with van der Waals surface area (Å²) in [6, 6.07) is 6.82. The Morgan fingerprint density at radius 1 is 1.21 bits per heavy atom.